The summed E-state index contributed by atoms with van der Waals surface area (Å²) in [6.07, 6.45) is -0.0303. The van der Waals surface area contributed by atoms with Crippen LogP contribution < -0.4 is 10.6 Å². The average Bonchev–Trinajstić information content (AvgIpc) is 2.59. The third-order valence-electron chi connectivity index (χ3n) is 2.91. The quantitative estimate of drug-likeness (QED) is 0.653. The van der Waals surface area contributed by atoms with Crippen LogP contribution in [0.25, 0.3) is 0 Å². The fourth-order valence-corrected chi connectivity index (χ4v) is 1.99. The number of carbonyl (C=O) groups excluding carboxylic acids is 2. The number of ether oxygens (including phenoxy) is 1. The Morgan fingerprint density at radius 2 is 2.35 bits per heavy atom. The topological polar surface area (TPSA) is 70.7 Å². The van der Waals surface area contributed by atoms with Crippen molar-refractivity contribution in [3.63, 3.8) is 0 Å². The molecule has 98 valence electrons. The molecule has 2 heterocycles. The SMILES string of the molecule is CN1CC(NC(=O)C2CNCCO2)CC1=O.Cl. The maximum Gasteiger partial charge on any atom is 0.250 e. The molecule has 2 aliphatic heterocycles. The molecule has 2 aliphatic rings. The first-order valence-electron chi connectivity index (χ1n) is 5.53. The smallest absolute Gasteiger partial charge is 0.250 e. The standard InChI is InChI=1S/C10H17N3O3.ClH/c1-13-6-7(4-9(13)14)12-10(15)8-5-11-2-3-16-8;/h7-8,11H,2-6H2,1H3,(H,12,15);1H. The highest BCUT2D eigenvalue weighted by Crippen LogP contribution is 2.09. The van der Waals surface area contributed by atoms with Gasteiger partial charge in [-0.15, -0.1) is 12.4 Å². The van der Waals surface area contributed by atoms with Crippen LogP contribution >= 0.6 is 12.4 Å². The molecule has 0 bridgehead atoms. The summed E-state index contributed by atoms with van der Waals surface area (Å²) in [6.45, 7) is 2.48. The fraction of sp³-hybridized carbons (Fsp3) is 0.800. The molecule has 0 aromatic carbocycles. The van der Waals surface area contributed by atoms with Crippen molar-refractivity contribution in [3.8, 4) is 0 Å². The minimum Gasteiger partial charge on any atom is -0.366 e. The van der Waals surface area contributed by atoms with E-state index in [1.54, 1.807) is 11.9 Å². The lowest BCUT2D eigenvalue weighted by Crippen LogP contribution is -2.50. The predicted molar refractivity (Wildman–Crippen MR) is 64.0 cm³/mol. The van der Waals surface area contributed by atoms with E-state index in [0.29, 0.717) is 26.1 Å². The molecule has 0 radical (unpaired) electrons. The number of nitrogens with one attached hydrogen (secondary N) is 2. The van der Waals surface area contributed by atoms with Gasteiger partial charge < -0.3 is 20.3 Å². The molecule has 0 saturated carbocycles. The number of rotatable bonds is 2. The van der Waals surface area contributed by atoms with E-state index in [2.05, 4.69) is 10.6 Å². The summed E-state index contributed by atoms with van der Waals surface area (Å²) in [4.78, 5) is 24.7. The van der Waals surface area contributed by atoms with Crippen LogP contribution in [-0.2, 0) is 14.3 Å². The molecule has 2 N–H and O–H groups in total. The molecule has 2 unspecified atom stereocenters. The van der Waals surface area contributed by atoms with Gasteiger partial charge >= 0.3 is 0 Å². The number of likely N-dealkylation sites (N-methyl/N-ethyl adjacent to an activating group) is 1. The number of amides is 2. The second-order valence-corrected chi connectivity index (χ2v) is 4.25. The van der Waals surface area contributed by atoms with Crippen molar-refractivity contribution in [3.05, 3.63) is 0 Å². The van der Waals surface area contributed by atoms with Gasteiger partial charge in [-0.05, 0) is 0 Å². The first-order chi connectivity index (χ1) is 7.66. The molecule has 6 nitrogen and oxygen atoms in total. The third-order valence-corrected chi connectivity index (χ3v) is 2.91. The third kappa shape index (κ3) is 3.55. The van der Waals surface area contributed by atoms with E-state index >= 15 is 0 Å². The molecule has 2 fully saturated rings. The number of morpholine rings is 1. The van der Waals surface area contributed by atoms with E-state index in [1.165, 1.54) is 0 Å². The number of nitrogens with zero attached hydrogens (tertiary/aromatic N) is 1. The number of hydrogen-bond donors (Lipinski definition) is 2. The molecular formula is C10H18ClN3O3. The van der Waals surface area contributed by atoms with Gasteiger partial charge in [-0.2, -0.15) is 0 Å². The summed E-state index contributed by atoms with van der Waals surface area (Å²) in [5.74, 6) is -0.0479. The lowest BCUT2D eigenvalue weighted by molar-refractivity contribution is -0.134. The Balaban J connectivity index is 0.00000144. The zero-order valence-corrected chi connectivity index (χ0v) is 10.6. The first-order valence-corrected chi connectivity index (χ1v) is 5.53. The van der Waals surface area contributed by atoms with E-state index in [0.717, 1.165) is 6.54 Å². The Morgan fingerprint density at radius 1 is 1.59 bits per heavy atom. The number of halogens is 1. The first kappa shape index (κ1) is 14.2. The minimum absolute atomic E-state index is 0. The van der Waals surface area contributed by atoms with E-state index in [9.17, 15) is 9.59 Å². The van der Waals surface area contributed by atoms with Crippen molar-refractivity contribution < 1.29 is 14.3 Å². The van der Waals surface area contributed by atoms with E-state index in [4.69, 9.17) is 4.74 Å². The highest BCUT2D eigenvalue weighted by molar-refractivity contribution is 5.85. The van der Waals surface area contributed by atoms with Crippen LogP contribution in [0.2, 0.25) is 0 Å². The number of hydrogen-bond acceptors (Lipinski definition) is 4. The van der Waals surface area contributed by atoms with Crippen LogP contribution in [0.1, 0.15) is 6.42 Å². The Morgan fingerprint density at radius 3 is 2.88 bits per heavy atom. The summed E-state index contributed by atoms with van der Waals surface area (Å²) in [6, 6.07) is -0.0736. The summed E-state index contributed by atoms with van der Waals surface area (Å²) < 4.78 is 5.33. The summed E-state index contributed by atoms with van der Waals surface area (Å²) in [5.41, 5.74) is 0. The molecule has 2 saturated heterocycles. The second-order valence-electron chi connectivity index (χ2n) is 4.25. The van der Waals surface area contributed by atoms with Crippen LogP contribution in [0.4, 0.5) is 0 Å². The molecule has 0 aromatic rings. The maximum absolute atomic E-state index is 11.8. The normalized spacial score (nSPS) is 28.8. The van der Waals surface area contributed by atoms with Crippen LogP contribution in [-0.4, -0.2) is 62.1 Å². The van der Waals surface area contributed by atoms with Crippen LogP contribution in [0.15, 0.2) is 0 Å². The molecule has 0 aromatic heterocycles. The van der Waals surface area contributed by atoms with E-state index in [-0.39, 0.29) is 30.3 Å². The van der Waals surface area contributed by atoms with Crippen molar-refractivity contribution in [2.24, 2.45) is 0 Å². The molecule has 2 atom stereocenters. The van der Waals surface area contributed by atoms with Gasteiger partial charge in [-0.3, -0.25) is 9.59 Å². The molecular weight excluding hydrogens is 246 g/mol. The molecule has 2 amide bonds. The second kappa shape index (κ2) is 6.18. The van der Waals surface area contributed by atoms with Crippen molar-refractivity contribution in [2.75, 3.05) is 33.3 Å². The van der Waals surface area contributed by atoms with Crippen molar-refractivity contribution in [1.29, 1.82) is 0 Å². The summed E-state index contributed by atoms with van der Waals surface area (Å²) in [7, 11) is 1.74. The highest BCUT2D eigenvalue weighted by Gasteiger charge is 2.30. The molecule has 0 aliphatic carbocycles. The lowest BCUT2D eigenvalue weighted by Gasteiger charge is -2.24. The van der Waals surface area contributed by atoms with Gasteiger partial charge in [-0.25, -0.2) is 0 Å². The van der Waals surface area contributed by atoms with Crippen molar-refractivity contribution >= 4 is 24.2 Å². The zero-order chi connectivity index (χ0) is 11.5. The maximum atomic E-state index is 11.8. The summed E-state index contributed by atoms with van der Waals surface area (Å²) >= 11 is 0. The lowest BCUT2D eigenvalue weighted by atomic mass is 10.2. The van der Waals surface area contributed by atoms with Gasteiger partial charge in [0, 0.05) is 33.1 Å². The van der Waals surface area contributed by atoms with Gasteiger partial charge in [0.1, 0.15) is 6.10 Å². The van der Waals surface area contributed by atoms with Crippen LogP contribution in [0.5, 0.6) is 0 Å². The van der Waals surface area contributed by atoms with E-state index < -0.39 is 6.10 Å². The van der Waals surface area contributed by atoms with Crippen LogP contribution in [0, 0.1) is 0 Å². The Bertz CT molecular complexity index is 295. The number of likely N-dealkylation sites (tertiary alicyclic amines) is 1. The van der Waals surface area contributed by atoms with Crippen molar-refractivity contribution in [2.45, 2.75) is 18.6 Å². The predicted octanol–water partition coefficient (Wildman–Crippen LogP) is -1.26. The Kier molecular flexibility index (Phi) is 5.17. The molecule has 7 heteroatoms. The molecule has 2 rings (SSSR count). The molecule has 0 spiro atoms. The van der Waals surface area contributed by atoms with E-state index in [1.807, 2.05) is 0 Å². The van der Waals surface area contributed by atoms with Gasteiger partial charge in [0.2, 0.25) is 5.91 Å². The Hall–Kier alpha value is -0.850. The van der Waals surface area contributed by atoms with Gasteiger partial charge in [0.15, 0.2) is 0 Å². The average molecular weight is 264 g/mol. The van der Waals surface area contributed by atoms with Crippen molar-refractivity contribution in [1.82, 2.24) is 15.5 Å². The Labute approximate surface area is 106 Å². The monoisotopic (exact) mass is 263 g/mol. The zero-order valence-electron chi connectivity index (χ0n) is 9.77. The largest absolute Gasteiger partial charge is 0.366 e. The summed E-state index contributed by atoms with van der Waals surface area (Å²) in [5, 5.41) is 5.94. The molecule has 17 heavy (non-hydrogen) atoms. The van der Waals surface area contributed by atoms with Gasteiger partial charge in [0.05, 0.1) is 12.6 Å². The number of carbonyl (C=O) groups is 2. The van der Waals surface area contributed by atoms with Gasteiger partial charge in [-0.1, -0.05) is 0 Å². The van der Waals surface area contributed by atoms with Crippen LogP contribution in [0.3, 0.4) is 0 Å². The minimum atomic E-state index is -0.422. The highest BCUT2D eigenvalue weighted by atomic mass is 35.5. The fourth-order valence-electron chi connectivity index (χ4n) is 1.99. The van der Waals surface area contributed by atoms with Gasteiger partial charge in [0.25, 0.3) is 5.91 Å².